The quantitative estimate of drug-likeness (QED) is 0.765. The zero-order valence-corrected chi connectivity index (χ0v) is 14.0. The highest BCUT2D eigenvalue weighted by Gasteiger charge is 2.46. The van der Waals surface area contributed by atoms with Crippen molar-refractivity contribution >= 4 is 5.97 Å². The van der Waals surface area contributed by atoms with E-state index < -0.39 is 5.54 Å². The molecule has 0 aliphatic heterocycles. The molecule has 1 N–H and O–H groups in total. The summed E-state index contributed by atoms with van der Waals surface area (Å²) in [6, 6.07) is 0.504. The highest BCUT2D eigenvalue weighted by molar-refractivity contribution is 5.81. The lowest BCUT2D eigenvalue weighted by Crippen LogP contribution is -2.50. The van der Waals surface area contributed by atoms with Crippen molar-refractivity contribution in [3.05, 3.63) is 0 Å². The second-order valence-electron chi connectivity index (χ2n) is 6.89. The number of carbonyl (C=O) groups is 1. The van der Waals surface area contributed by atoms with Crippen LogP contribution in [0.2, 0.25) is 0 Å². The van der Waals surface area contributed by atoms with Crippen LogP contribution < -0.4 is 5.32 Å². The van der Waals surface area contributed by atoms with Crippen molar-refractivity contribution in [2.24, 2.45) is 5.92 Å². The Labute approximate surface area is 129 Å². The van der Waals surface area contributed by atoms with Gasteiger partial charge < -0.3 is 15.0 Å². The van der Waals surface area contributed by atoms with Crippen molar-refractivity contribution < 1.29 is 9.53 Å². The van der Waals surface area contributed by atoms with Gasteiger partial charge in [0.05, 0.1) is 6.61 Å². The van der Waals surface area contributed by atoms with Gasteiger partial charge in [0, 0.05) is 12.6 Å². The van der Waals surface area contributed by atoms with Crippen LogP contribution in [-0.2, 0) is 9.53 Å². The average Bonchev–Trinajstić information content (AvgIpc) is 2.94. The molecule has 2 fully saturated rings. The van der Waals surface area contributed by atoms with Gasteiger partial charge in [0.25, 0.3) is 0 Å². The van der Waals surface area contributed by atoms with Gasteiger partial charge in [0.2, 0.25) is 0 Å². The van der Waals surface area contributed by atoms with Crippen LogP contribution >= 0.6 is 0 Å². The minimum atomic E-state index is -0.457. The van der Waals surface area contributed by atoms with Gasteiger partial charge >= 0.3 is 5.97 Å². The number of nitrogens with one attached hydrogen (secondary N) is 1. The molecule has 2 aliphatic rings. The number of esters is 1. The van der Waals surface area contributed by atoms with Crippen molar-refractivity contribution in [3.63, 3.8) is 0 Å². The topological polar surface area (TPSA) is 41.6 Å². The number of nitrogens with zero attached hydrogens (tertiary/aromatic N) is 1. The molecule has 2 saturated carbocycles. The Kier molecular flexibility index (Phi) is 6.06. The SMILES string of the molecule is CCOC(=O)C1(NC)CCC(N(C)CC2CCCCC2)C1. The molecule has 4 heteroatoms. The van der Waals surface area contributed by atoms with Crippen LogP contribution in [0.4, 0.5) is 0 Å². The predicted molar refractivity (Wildman–Crippen MR) is 85.3 cm³/mol. The van der Waals surface area contributed by atoms with Crippen LogP contribution in [0.5, 0.6) is 0 Å². The molecule has 0 aromatic heterocycles. The maximum atomic E-state index is 12.3. The van der Waals surface area contributed by atoms with E-state index in [0.717, 1.165) is 25.2 Å². The normalized spacial score (nSPS) is 30.8. The van der Waals surface area contributed by atoms with Crippen LogP contribution in [0, 0.1) is 5.92 Å². The summed E-state index contributed by atoms with van der Waals surface area (Å²) >= 11 is 0. The highest BCUT2D eigenvalue weighted by atomic mass is 16.5. The summed E-state index contributed by atoms with van der Waals surface area (Å²) in [6.07, 6.45) is 9.82. The Bertz CT molecular complexity index is 342. The van der Waals surface area contributed by atoms with E-state index in [1.54, 1.807) is 0 Å². The zero-order valence-electron chi connectivity index (χ0n) is 14.0. The smallest absolute Gasteiger partial charge is 0.326 e. The minimum Gasteiger partial charge on any atom is -0.465 e. The minimum absolute atomic E-state index is 0.0685. The maximum absolute atomic E-state index is 12.3. The third-order valence-electron chi connectivity index (χ3n) is 5.53. The van der Waals surface area contributed by atoms with E-state index in [9.17, 15) is 4.79 Å². The van der Waals surface area contributed by atoms with E-state index >= 15 is 0 Å². The Hall–Kier alpha value is -0.610. The molecule has 0 radical (unpaired) electrons. The average molecular weight is 296 g/mol. The number of carbonyl (C=O) groups excluding carboxylic acids is 1. The van der Waals surface area contributed by atoms with E-state index in [4.69, 9.17) is 4.74 Å². The third kappa shape index (κ3) is 3.98. The maximum Gasteiger partial charge on any atom is 0.326 e. The van der Waals surface area contributed by atoms with Gasteiger partial charge in [-0.25, -0.2) is 0 Å². The third-order valence-corrected chi connectivity index (χ3v) is 5.53. The Morgan fingerprint density at radius 2 is 2.00 bits per heavy atom. The summed E-state index contributed by atoms with van der Waals surface area (Å²) in [5.74, 6) is 0.789. The summed E-state index contributed by atoms with van der Waals surface area (Å²) < 4.78 is 5.28. The van der Waals surface area contributed by atoms with E-state index in [-0.39, 0.29) is 5.97 Å². The first-order valence-electron chi connectivity index (χ1n) is 8.67. The fraction of sp³-hybridized carbons (Fsp3) is 0.941. The lowest BCUT2D eigenvalue weighted by Gasteiger charge is -2.32. The van der Waals surface area contributed by atoms with Gasteiger partial charge in [-0.2, -0.15) is 0 Å². The van der Waals surface area contributed by atoms with Crippen LogP contribution in [0.15, 0.2) is 0 Å². The van der Waals surface area contributed by atoms with Gasteiger partial charge in [-0.15, -0.1) is 0 Å². The Morgan fingerprint density at radius 3 is 2.62 bits per heavy atom. The number of hydrogen-bond donors (Lipinski definition) is 1. The van der Waals surface area contributed by atoms with E-state index in [1.165, 1.54) is 38.6 Å². The molecule has 0 heterocycles. The molecule has 122 valence electrons. The molecule has 0 amide bonds. The Morgan fingerprint density at radius 1 is 1.29 bits per heavy atom. The van der Waals surface area contributed by atoms with Gasteiger partial charge in [-0.1, -0.05) is 19.3 Å². The van der Waals surface area contributed by atoms with Gasteiger partial charge in [0.15, 0.2) is 0 Å². The lowest BCUT2D eigenvalue weighted by molar-refractivity contribution is -0.151. The fourth-order valence-electron chi connectivity index (χ4n) is 4.11. The number of ether oxygens (including phenoxy) is 1. The van der Waals surface area contributed by atoms with Crippen LogP contribution in [0.25, 0.3) is 0 Å². The van der Waals surface area contributed by atoms with Crippen LogP contribution in [0.1, 0.15) is 58.3 Å². The molecule has 2 rings (SSSR count). The van der Waals surface area contributed by atoms with Gasteiger partial charge in [-0.3, -0.25) is 4.79 Å². The number of hydrogen-bond acceptors (Lipinski definition) is 4. The number of likely N-dealkylation sites (N-methyl/N-ethyl adjacent to an activating group) is 1. The molecule has 0 saturated heterocycles. The molecule has 21 heavy (non-hydrogen) atoms. The second kappa shape index (κ2) is 7.59. The molecule has 2 unspecified atom stereocenters. The summed E-state index contributed by atoms with van der Waals surface area (Å²) in [7, 11) is 4.12. The van der Waals surface area contributed by atoms with Crippen molar-refractivity contribution in [2.75, 3.05) is 27.2 Å². The number of rotatable bonds is 6. The van der Waals surface area contributed by atoms with Crippen molar-refractivity contribution in [2.45, 2.75) is 69.9 Å². The standard InChI is InChI=1S/C17H32N2O2/c1-4-21-16(20)17(18-2)11-10-15(12-17)19(3)13-14-8-6-5-7-9-14/h14-15,18H,4-13H2,1-3H3. The first kappa shape index (κ1) is 16.8. The Balaban J connectivity index is 1.88. The summed E-state index contributed by atoms with van der Waals surface area (Å²) in [4.78, 5) is 14.7. The molecule has 0 spiro atoms. The van der Waals surface area contributed by atoms with Crippen molar-refractivity contribution in [1.29, 1.82) is 0 Å². The largest absolute Gasteiger partial charge is 0.465 e. The molecule has 0 aromatic rings. The molecule has 4 nitrogen and oxygen atoms in total. The van der Waals surface area contributed by atoms with E-state index in [2.05, 4.69) is 17.3 Å². The van der Waals surface area contributed by atoms with E-state index in [0.29, 0.717) is 12.6 Å². The second-order valence-corrected chi connectivity index (χ2v) is 6.89. The molecule has 2 aliphatic carbocycles. The first-order chi connectivity index (χ1) is 10.1. The first-order valence-corrected chi connectivity index (χ1v) is 8.67. The van der Waals surface area contributed by atoms with Crippen LogP contribution in [0.3, 0.4) is 0 Å². The highest BCUT2D eigenvalue weighted by Crippen LogP contribution is 2.35. The lowest BCUT2D eigenvalue weighted by atomic mass is 9.88. The summed E-state index contributed by atoms with van der Waals surface area (Å²) in [6.45, 7) is 3.53. The molecular weight excluding hydrogens is 264 g/mol. The molecule has 0 aromatic carbocycles. The monoisotopic (exact) mass is 296 g/mol. The van der Waals surface area contributed by atoms with E-state index in [1.807, 2.05) is 14.0 Å². The predicted octanol–water partition coefficient (Wildman–Crippen LogP) is 2.57. The zero-order chi connectivity index (χ0) is 15.3. The molecular formula is C17H32N2O2. The molecule has 2 atom stereocenters. The summed E-state index contributed by atoms with van der Waals surface area (Å²) in [5, 5.41) is 3.25. The van der Waals surface area contributed by atoms with Gasteiger partial charge in [-0.05, 0) is 59.0 Å². The fourth-order valence-corrected chi connectivity index (χ4v) is 4.11. The van der Waals surface area contributed by atoms with Crippen molar-refractivity contribution in [3.8, 4) is 0 Å². The van der Waals surface area contributed by atoms with Gasteiger partial charge in [0.1, 0.15) is 5.54 Å². The molecule has 0 bridgehead atoms. The summed E-state index contributed by atoms with van der Waals surface area (Å²) in [5.41, 5.74) is -0.457. The van der Waals surface area contributed by atoms with Crippen LogP contribution in [-0.4, -0.2) is 49.7 Å². The van der Waals surface area contributed by atoms with Crippen molar-refractivity contribution in [1.82, 2.24) is 10.2 Å².